The van der Waals surface area contributed by atoms with Crippen molar-refractivity contribution in [2.45, 2.75) is 57.8 Å². The molecule has 0 aromatic heterocycles. The molecule has 1 aromatic carbocycles. The first-order valence-electron chi connectivity index (χ1n) is 8.45. The van der Waals surface area contributed by atoms with Crippen LogP contribution in [0, 0.1) is 5.82 Å². The third kappa shape index (κ3) is 3.28. The Balaban J connectivity index is 1.85. The molecule has 2 amide bonds. The van der Waals surface area contributed by atoms with Crippen molar-refractivity contribution in [3.63, 3.8) is 0 Å². The molecular formula is C17H22BFN2O5. The average Bonchev–Trinajstić information content (AvgIpc) is 2.73. The Bertz CT molecular complexity index is 752. The number of hydrogen-bond donors (Lipinski definition) is 2. The van der Waals surface area contributed by atoms with Crippen molar-refractivity contribution in [2.24, 2.45) is 5.73 Å². The molecule has 0 aliphatic carbocycles. The Labute approximate surface area is 151 Å². The number of anilines is 1. The molecule has 0 spiro atoms. The Hall–Kier alpha value is -2.13. The van der Waals surface area contributed by atoms with Gasteiger partial charge in [0.2, 0.25) is 5.91 Å². The number of nitrogens with one attached hydrogen (secondary N) is 1. The van der Waals surface area contributed by atoms with Crippen LogP contribution in [-0.2, 0) is 18.9 Å². The minimum atomic E-state index is -0.894. The third-order valence-electron chi connectivity index (χ3n) is 5.08. The summed E-state index contributed by atoms with van der Waals surface area (Å²) in [5.41, 5.74) is 4.38. The molecule has 140 valence electrons. The van der Waals surface area contributed by atoms with Crippen LogP contribution >= 0.6 is 0 Å². The first-order chi connectivity index (χ1) is 12.0. The predicted molar refractivity (Wildman–Crippen MR) is 93.6 cm³/mol. The van der Waals surface area contributed by atoms with Crippen molar-refractivity contribution in [2.75, 3.05) is 5.32 Å². The van der Waals surface area contributed by atoms with E-state index >= 15 is 0 Å². The third-order valence-corrected chi connectivity index (χ3v) is 5.08. The lowest BCUT2D eigenvalue weighted by Gasteiger charge is -2.32. The summed E-state index contributed by atoms with van der Waals surface area (Å²) in [6.07, 6.45) is -0.763. The number of nitrogens with two attached hydrogens (primary N) is 1. The number of carbonyl (C=O) groups excluding carboxylic acids is 2. The maximum Gasteiger partial charge on any atom is 0.497 e. The lowest BCUT2D eigenvalue weighted by Crippen LogP contribution is -2.41. The van der Waals surface area contributed by atoms with Gasteiger partial charge < -0.3 is 25.1 Å². The lowest BCUT2D eigenvalue weighted by atomic mass is 9.78. The van der Waals surface area contributed by atoms with Crippen LogP contribution in [-0.4, -0.2) is 36.2 Å². The fraction of sp³-hybridized carbons (Fsp3) is 0.529. The minimum Gasteiger partial charge on any atom is -0.478 e. The van der Waals surface area contributed by atoms with Gasteiger partial charge in [-0.2, -0.15) is 0 Å². The van der Waals surface area contributed by atoms with Crippen molar-refractivity contribution in [1.82, 2.24) is 0 Å². The Morgan fingerprint density at radius 1 is 1.27 bits per heavy atom. The molecular weight excluding hydrogens is 342 g/mol. The van der Waals surface area contributed by atoms with Crippen LogP contribution < -0.4 is 21.3 Å². The van der Waals surface area contributed by atoms with Gasteiger partial charge in [0.05, 0.1) is 16.9 Å². The highest BCUT2D eigenvalue weighted by Crippen LogP contribution is 2.38. The number of halogens is 1. The molecule has 9 heteroatoms. The van der Waals surface area contributed by atoms with E-state index in [2.05, 4.69) is 5.32 Å². The molecule has 1 atom stereocenters. The van der Waals surface area contributed by atoms with Gasteiger partial charge in [0.15, 0.2) is 6.10 Å². The molecule has 0 radical (unpaired) electrons. The zero-order valence-electron chi connectivity index (χ0n) is 15.2. The van der Waals surface area contributed by atoms with E-state index in [1.165, 1.54) is 12.1 Å². The molecule has 2 aliphatic rings. The second kappa shape index (κ2) is 6.24. The highest BCUT2D eigenvalue weighted by atomic mass is 19.1. The van der Waals surface area contributed by atoms with Crippen LogP contribution in [0.3, 0.4) is 0 Å². The normalized spacial score (nSPS) is 23.2. The maximum absolute atomic E-state index is 14.6. The van der Waals surface area contributed by atoms with Crippen LogP contribution in [0.4, 0.5) is 10.1 Å². The zero-order valence-corrected chi connectivity index (χ0v) is 15.2. The van der Waals surface area contributed by atoms with Crippen molar-refractivity contribution in [3.05, 3.63) is 17.9 Å². The van der Waals surface area contributed by atoms with Crippen LogP contribution in [0.2, 0.25) is 0 Å². The maximum atomic E-state index is 14.6. The number of fused-ring (bicyclic) bond motifs is 1. The largest absolute Gasteiger partial charge is 0.497 e. The zero-order chi connectivity index (χ0) is 19.3. The fourth-order valence-electron chi connectivity index (χ4n) is 2.80. The molecule has 26 heavy (non-hydrogen) atoms. The van der Waals surface area contributed by atoms with Crippen LogP contribution in [0.1, 0.15) is 40.5 Å². The van der Waals surface area contributed by atoms with Gasteiger partial charge in [-0.05, 0) is 33.8 Å². The number of rotatable bonds is 4. The van der Waals surface area contributed by atoms with E-state index in [-0.39, 0.29) is 24.1 Å². The number of primary amides is 1. The molecule has 0 unspecified atom stereocenters. The number of carbonyl (C=O) groups is 2. The van der Waals surface area contributed by atoms with Gasteiger partial charge >= 0.3 is 7.12 Å². The van der Waals surface area contributed by atoms with E-state index in [4.69, 9.17) is 19.8 Å². The van der Waals surface area contributed by atoms with Gasteiger partial charge in [-0.15, -0.1) is 0 Å². The molecule has 3 N–H and O–H groups in total. The van der Waals surface area contributed by atoms with E-state index in [0.717, 1.165) is 0 Å². The summed E-state index contributed by atoms with van der Waals surface area (Å²) in [7, 11) is -0.894. The van der Waals surface area contributed by atoms with E-state index < -0.39 is 42.1 Å². The SMILES string of the molecule is CC1(C)OB(c2cc3c(cc2F)O[C@H](CCC(N)=O)C(=O)N3)OC1(C)C. The van der Waals surface area contributed by atoms with Gasteiger partial charge in [-0.1, -0.05) is 0 Å². The van der Waals surface area contributed by atoms with Gasteiger partial charge in [0.1, 0.15) is 11.6 Å². The van der Waals surface area contributed by atoms with Gasteiger partial charge in [-0.3, -0.25) is 9.59 Å². The molecule has 3 rings (SSSR count). The summed E-state index contributed by atoms with van der Waals surface area (Å²) >= 11 is 0. The van der Waals surface area contributed by atoms with E-state index in [1.54, 1.807) is 0 Å². The molecule has 7 nitrogen and oxygen atoms in total. The number of hydrogen-bond acceptors (Lipinski definition) is 5. The van der Waals surface area contributed by atoms with Crippen molar-refractivity contribution in [3.8, 4) is 5.75 Å². The quantitative estimate of drug-likeness (QED) is 0.780. The fourth-order valence-corrected chi connectivity index (χ4v) is 2.80. The molecule has 1 fully saturated rings. The van der Waals surface area contributed by atoms with Crippen LogP contribution in [0.15, 0.2) is 12.1 Å². The van der Waals surface area contributed by atoms with Crippen molar-refractivity contribution < 1.29 is 28.0 Å². The lowest BCUT2D eigenvalue weighted by molar-refractivity contribution is -0.124. The van der Waals surface area contributed by atoms with E-state index in [0.29, 0.717) is 5.69 Å². The first-order valence-corrected chi connectivity index (χ1v) is 8.45. The topological polar surface area (TPSA) is 99.9 Å². The second-order valence-electron chi connectivity index (χ2n) is 7.56. The second-order valence-corrected chi connectivity index (χ2v) is 7.56. The van der Waals surface area contributed by atoms with Crippen LogP contribution in [0.25, 0.3) is 0 Å². The van der Waals surface area contributed by atoms with Gasteiger partial charge in [-0.25, -0.2) is 4.39 Å². The summed E-state index contributed by atoms with van der Waals surface area (Å²) in [6, 6.07) is 2.64. The molecule has 1 saturated heterocycles. The number of benzene rings is 1. The Morgan fingerprint density at radius 3 is 2.46 bits per heavy atom. The van der Waals surface area contributed by atoms with E-state index in [1.807, 2.05) is 27.7 Å². The highest BCUT2D eigenvalue weighted by molar-refractivity contribution is 6.62. The van der Waals surface area contributed by atoms with Crippen molar-refractivity contribution in [1.29, 1.82) is 0 Å². The first kappa shape index (κ1) is 18.7. The van der Waals surface area contributed by atoms with Gasteiger partial charge in [0, 0.05) is 24.4 Å². The summed E-state index contributed by atoms with van der Waals surface area (Å²) in [5, 5.41) is 2.67. The van der Waals surface area contributed by atoms with Crippen LogP contribution in [0.5, 0.6) is 5.75 Å². The smallest absolute Gasteiger partial charge is 0.478 e. The standard InChI is InChI=1S/C17H22BFN2O5/c1-16(2)17(3,4)26-18(25-16)9-7-11-13(8-10(9)19)24-12(15(23)21-11)5-6-14(20)22/h7-8,12H,5-6H2,1-4H3,(H2,20,22)(H,21,23)/t12-/m1/s1. The van der Waals surface area contributed by atoms with Gasteiger partial charge in [0.25, 0.3) is 5.91 Å². The van der Waals surface area contributed by atoms with Crippen molar-refractivity contribution >= 4 is 30.1 Å². The summed E-state index contributed by atoms with van der Waals surface area (Å²) in [5.74, 6) is -1.32. The predicted octanol–water partition coefficient (Wildman–Crippen LogP) is 1.09. The summed E-state index contributed by atoms with van der Waals surface area (Å²) in [6.45, 7) is 7.49. The minimum absolute atomic E-state index is 0.00189. The molecule has 0 bridgehead atoms. The number of ether oxygens (including phenoxy) is 1. The molecule has 2 aliphatic heterocycles. The number of amides is 2. The Morgan fingerprint density at radius 2 is 1.88 bits per heavy atom. The molecule has 1 aromatic rings. The Kier molecular flexibility index (Phi) is 4.48. The molecule has 0 saturated carbocycles. The van der Waals surface area contributed by atoms with E-state index in [9.17, 15) is 14.0 Å². The summed E-state index contributed by atoms with van der Waals surface area (Å²) in [4.78, 5) is 23.0. The highest BCUT2D eigenvalue weighted by Gasteiger charge is 2.52. The summed E-state index contributed by atoms with van der Waals surface area (Å²) < 4.78 is 31.9. The monoisotopic (exact) mass is 364 g/mol. The average molecular weight is 364 g/mol. The molecule has 2 heterocycles.